The van der Waals surface area contributed by atoms with Crippen LogP contribution < -0.4 is 10.1 Å². The fraction of sp³-hybridized carbons (Fsp3) is 0.167. The summed E-state index contributed by atoms with van der Waals surface area (Å²) in [5, 5.41) is 11.9. The van der Waals surface area contributed by atoms with Gasteiger partial charge in [0.15, 0.2) is 11.3 Å². The highest BCUT2D eigenvalue weighted by Gasteiger charge is 2.24. The van der Waals surface area contributed by atoms with Gasteiger partial charge < -0.3 is 15.0 Å². The largest absolute Gasteiger partial charge is 0.437 e. The first-order chi connectivity index (χ1) is 8.13. The van der Waals surface area contributed by atoms with E-state index in [0.29, 0.717) is 5.75 Å². The summed E-state index contributed by atoms with van der Waals surface area (Å²) in [5.41, 5.74) is 0.716. The Morgan fingerprint density at radius 3 is 2.71 bits per heavy atom. The van der Waals surface area contributed by atoms with Crippen molar-refractivity contribution in [3.63, 3.8) is 0 Å². The number of anilines is 1. The van der Waals surface area contributed by atoms with E-state index in [1.807, 2.05) is 24.3 Å². The molecule has 1 heterocycles. The third-order valence-electron chi connectivity index (χ3n) is 2.31. The summed E-state index contributed by atoms with van der Waals surface area (Å²) < 4.78 is 5.43. The molecule has 2 rings (SSSR count). The number of hydrogen-bond donors (Lipinski definition) is 1. The van der Waals surface area contributed by atoms with Crippen molar-refractivity contribution in [3.05, 3.63) is 35.7 Å². The maximum absolute atomic E-state index is 11.7. The van der Waals surface area contributed by atoms with Gasteiger partial charge >= 0.3 is 0 Å². The molecule has 17 heavy (non-hydrogen) atoms. The van der Waals surface area contributed by atoms with Gasteiger partial charge in [0.25, 0.3) is 5.91 Å². The monoisotopic (exact) mass is 229 g/mol. The lowest BCUT2D eigenvalue weighted by Gasteiger charge is -2.10. The Balaban J connectivity index is 2.37. The molecule has 1 aromatic rings. The van der Waals surface area contributed by atoms with Crippen molar-refractivity contribution >= 4 is 11.6 Å². The number of likely N-dealkylation sites (N-methyl/N-ethyl adjacent to an activating group) is 1. The molecule has 5 nitrogen and oxygen atoms in total. The molecule has 0 atom stereocenters. The van der Waals surface area contributed by atoms with E-state index in [2.05, 4.69) is 5.32 Å². The second-order valence-corrected chi connectivity index (χ2v) is 3.74. The van der Waals surface area contributed by atoms with E-state index in [0.717, 1.165) is 5.69 Å². The first kappa shape index (κ1) is 11.0. The van der Waals surface area contributed by atoms with Crippen molar-refractivity contribution in [2.24, 2.45) is 0 Å². The second kappa shape index (κ2) is 4.18. The molecular formula is C12H11N3O2. The van der Waals surface area contributed by atoms with Gasteiger partial charge in [-0.25, -0.2) is 0 Å². The van der Waals surface area contributed by atoms with Crippen LogP contribution >= 0.6 is 0 Å². The summed E-state index contributed by atoms with van der Waals surface area (Å²) in [7, 11) is 3.17. The van der Waals surface area contributed by atoms with Crippen molar-refractivity contribution < 1.29 is 9.53 Å². The lowest BCUT2D eigenvalue weighted by molar-refractivity contribution is -0.124. The van der Waals surface area contributed by atoms with E-state index in [4.69, 9.17) is 10.00 Å². The average molecular weight is 229 g/mol. The molecule has 0 saturated carbocycles. The van der Waals surface area contributed by atoms with Crippen LogP contribution in [0.4, 0.5) is 5.69 Å². The van der Waals surface area contributed by atoms with Crippen LogP contribution in [0.15, 0.2) is 35.7 Å². The fourth-order valence-corrected chi connectivity index (χ4v) is 1.45. The van der Waals surface area contributed by atoms with Gasteiger partial charge in [0.2, 0.25) is 5.88 Å². The number of amides is 1. The van der Waals surface area contributed by atoms with E-state index in [1.165, 1.54) is 4.90 Å². The van der Waals surface area contributed by atoms with Crippen LogP contribution in [0.5, 0.6) is 5.75 Å². The standard InChI is InChI=1S/C12H11N3O2/c1-15(2)12(16)8(7-13)11-14-9-5-3-4-6-10(9)17-11/h3-6,14H,1-2H3. The van der Waals surface area contributed by atoms with E-state index in [9.17, 15) is 4.79 Å². The van der Waals surface area contributed by atoms with Crippen LogP contribution in [-0.2, 0) is 4.79 Å². The van der Waals surface area contributed by atoms with Crippen molar-refractivity contribution in [3.8, 4) is 11.8 Å². The minimum absolute atomic E-state index is 0.0359. The predicted molar refractivity (Wildman–Crippen MR) is 62.0 cm³/mol. The molecule has 0 fully saturated rings. The van der Waals surface area contributed by atoms with E-state index in [-0.39, 0.29) is 17.4 Å². The average Bonchev–Trinajstić information content (AvgIpc) is 2.72. The molecule has 1 N–H and O–H groups in total. The number of para-hydroxylation sites is 2. The zero-order chi connectivity index (χ0) is 12.4. The Kier molecular flexibility index (Phi) is 2.71. The number of nitrogens with one attached hydrogen (secondary N) is 1. The molecule has 0 aliphatic carbocycles. The summed E-state index contributed by atoms with van der Waals surface area (Å²) in [5.74, 6) is 0.414. The third kappa shape index (κ3) is 1.93. The smallest absolute Gasteiger partial charge is 0.269 e. The van der Waals surface area contributed by atoms with Gasteiger partial charge in [-0.05, 0) is 12.1 Å². The molecular weight excluding hydrogens is 218 g/mol. The first-order valence-corrected chi connectivity index (χ1v) is 5.03. The molecule has 1 aromatic carbocycles. The van der Waals surface area contributed by atoms with Crippen LogP contribution in [0.3, 0.4) is 0 Å². The van der Waals surface area contributed by atoms with Crippen molar-refractivity contribution in [2.75, 3.05) is 19.4 Å². The minimum atomic E-state index is -0.386. The van der Waals surface area contributed by atoms with E-state index >= 15 is 0 Å². The van der Waals surface area contributed by atoms with Gasteiger partial charge in [0, 0.05) is 14.1 Å². The maximum atomic E-state index is 11.7. The van der Waals surface area contributed by atoms with Gasteiger partial charge in [0.1, 0.15) is 6.07 Å². The number of fused-ring (bicyclic) bond motifs is 1. The Morgan fingerprint density at radius 2 is 2.12 bits per heavy atom. The lowest BCUT2D eigenvalue weighted by atomic mass is 10.2. The second-order valence-electron chi connectivity index (χ2n) is 3.74. The quantitative estimate of drug-likeness (QED) is 0.582. The highest BCUT2D eigenvalue weighted by molar-refractivity contribution is 5.98. The van der Waals surface area contributed by atoms with Crippen molar-refractivity contribution in [2.45, 2.75) is 0 Å². The molecule has 0 saturated heterocycles. The molecule has 0 aromatic heterocycles. The number of benzene rings is 1. The fourth-order valence-electron chi connectivity index (χ4n) is 1.45. The Bertz CT molecular complexity index is 514. The Labute approximate surface area is 98.9 Å². The van der Waals surface area contributed by atoms with Gasteiger partial charge in [-0.15, -0.1) is 0 Å². The minimum Gasteiger partial charge on any atom is -0.437 e. The maximum Gasteiger partial charge on any atom is 0.269 e. The number of rotatable bonds is 1. The van der Waals surface area contributed by atoms with Gasteiger partial charge in [0.05, 0.1) is 5.69 Å². The number of nitrogens with zero attached hydrogens (tertiary/aromatic N) is 2. The molecule has 0 bridgehead atoms. The molecule has 0 radical (unpaired) electrons. The third-order valence-corrected chi connectivity index (χ3v) is 2.31. The van der Waals surface area contributed by atoms with Gasteiger partial charge in [-0.2, -0.15) is 5.26 Å². The number of carbonyl (C=O) groups excluding carboxylic acids is 1. The van der Waals surface area contributed by atoms with Gasteiger partial charge in [-0.3, -0.25) is 4.79 Å². The Hall–Kier alpha value is -2.48. The van der Waals surface area contributed by atoms with Crippen LogP contribution in [0, 0.1) is 11.3 Å². The summed E-state index contributed by atoms with van der Waals surface area (Å²) in [4.78, 5) is 13.1. The number of ether oxygens (including phenoxy) is 1. The van der Waals surface area contributed by atoms with E-state index in [1.54, 1.807) is 20.2 Å². The molecule has 1 amide bonds. The summed E-state index contributed by atoms with van der Waals surface area (Å²) in [6.07, 6.45) is 0. The molecule has 1 aliphatic heterocycles. The topological polar surface area (TPSA) is 65.4 Å². The van der Waals surface area contributed by atoms with Gasteiger partial charge in [-0.1, -0.05) is 12.1 Å². The van der Waals surface area contributed by atoms with Crippen molar-refractivity contribution in [1.82, 2.24) is 4.90 Å². The zero-order valence-corrected chi connectivity index (χ0v) is 9.52. The SMILES string of the molecule is CN(C)C(=O)C(C#N)=C1Nc2ccccc2O1. The Morgan fingerprint density at radius 1 is 1.41 bits per heavy atom. The highest BCUT2D eigenvalue weighted by atomic mass is 16.5. The highest BCUT2D eigenvalue weighted by Crippen LogP contribution is 2.33. The molecule has 5 heteroatoms. The summed E-state index contributed by atoms with van der Waals surface area (Å²) in [6.45, 7) is 0. The first-order valence-electron chi connectivity index (χ1n) is 5.03. The van der Waals surface area contributed by atoms with Crippen LogP contribution in [-0.4, -0.2) is 24.9 Å². The van der Waals surface area contributed by atoms with Crippen LogP contribution in [0.2, 0.25) is 0 Å². The normalized spacial score (nSPS) is 15.1. The van der Waals surface area contributed by atoms with E-state index < -0.39 is 0 Å². The number of hydrogen-bond acceptors (Lipinski definition) is 4. The molecule has 1 aliphatic rings. The molecule has 86 valence electrons. The van der Waals surface area contributed by atoms with Crippen molar-refractivity contribution in [1.29, 1.82) is 5.26 Å². The number of carbonyl (C=O) groups is 1. The predicted octanol–water partition coefficient (Wildman–Crippen LogP) is 1.31. The molecule has 0 spiro atoms. The van der Waals surface area contributed by atoms with Crippen LogP contribution in [0.1, 0.15) is 0 Å². The van der Waals surface area contributed by atoms with Crippen LogP contribution in [0.25, 0.3) is 0 Å². The zero-order valence-electron chi connectivity index (χ0n) is 9.52. The molecule has 0 unspecified atom stereocenters. The summed E-state index contributed by atoms with van der Waals surface area (Å²) in [6, 6.07) is 9.11. The summed E-state index contributed by atoms with van der Waals surface area (Å²) >= 11 is 0. The lowest BCUT2D eigenvalue weighted by Crippen LogP contribution is -2.25. The number of nitriles is 1.